The van der Waals surface area contributed by atoms with E-state index in [1.165, 1.54) is 18.2 Å². The molecule has 0 radical (unpaired) electrons. The summed E-state index contributed by atoms with van der Waals surface area (Å²) in [4.78, 5) is 41.6. The maximum absolute atomic E-state index is 13.0. The van der Waals surface area contributed by atoms with Crippen LogP contribution in [0.2, 0.25) is 0 Å². The molecule has 2 fully saturated rings. The lowest BCUT2D eigenvalue weighted by Crippen LogP contribution is -2.42. The summed E-state index contributed by atoms with van der Waals surface area (Å²) in [5.74, 6) is 0.598. The molecule has 3 aromatic carbocycles. The van der Waals surface area contributed by atoms with Gasteiger partial charge in [-0.05, 0) is 42.2 Å². The summed E-state index contributed by atoms with van der Waals surface area (Å²) >= 11 is 0. The highest BCUT2D eigenvalue weighted by Gasteiger charge is 2.44. The third-order valence-corrected chi connectivity index (χ3v) is 11.1. The number of urea groups is 1. The maximum atomic E-state index is 13.0. The van der Waals surface area contributed by atoms with E-state index in [-0.39, 0.29) is 41.3 Å². The molecule has 2 unspecified atom stereocenters. The Bertz CT molecular complexity index is 2220. The third kappa shape index (κ3) is 8.39. The van der Waals surface area contributed by atoms with Crippen LogP contribution in [0.25, 0.3) is 11.2 Å². The Morgan fingerprint density at radius 2 is 1.65 bits per heavy atom. The van der Waals surface area contributed by atoms with Gasteiger partial charge in [-0.25, -0.2) is 23.3 Å². The van der Waals surface area contributed by atoms with E-state index in [1.54, 1.807) is 23.9 Å². The lowest BCUT2D eigenvalue weighted by molar-refractivity contribution is -0.122. The van der Waals surface area contributed by atoms with E-state index in [0.717, 1.165) is 11.1 Å². The number of aliphatic hydroxyl groups is 2. The number of sulfonamides is 1. The van der Waals surface area contributed by atoms with Crippen molar-refractivity contribution in [3.63, 3.8) is 0 Å². The Morgan fingerprint density at radius 1 is 0.945 bits per heavy atom. The number of hydrogen-bond donors (Lipinski definition) is 7. The largest absolute Gasteiger partial charge is 0.388 e. The van der Waals surface area contributed by atoms with E-state index < -0.39 is 40.3 Å². The second-order valence-electron chi connectivity index (χ2n) is 13.9. The zero-order chi connectivity index (χ0) is 38.7. The number of aromatic nitrogens is 4. The topological polar surface area (TPSA) is 230 Å². The fourth-order valence-corrected chi connectivity index (χ4v) is 7.87. The molecule has 1 aliphatic carbocycles. The predicted octanol–water partition coefficient (Wildman–Crippen LogP) is 2.68. The highest BCUT2D eigenvalue weighted by atomic mass is 32.2. The highest BCUT2D eigenvalue weighted by molar-refractivity contribution is 7.89. The van der Waals surface area contributed by atoms with Crippen molar-refractivity contribution in [3.8, 4) is 0 Å². The average molecular weight is 769 g/mol. The van der Waals surface area contributed by atoms with Crippen LogP contribution < -0.4 is 31.3 Å². The van der Waals surface area contributed by atoms with Gasteiger partial charge in [-0.3, -0.25) is 4.79 Å². The van der Waals surface area contributed by atoms with E-state index in [0.29, 0.717) is 49.0 Å². The number of amides is 3. The summed E-state index contributed by atoms with van der Waals surface area (Å²) in [6.45, 7) is 3.08. The molecule has 55 heavy (non-hydrogen) atoms. The molecule has 288 valence electrons. The van der Waals surface area contributed by atoms with Gasteiger partial charge in [0.2, 0.25) is 21.9 Å². The predicted molar refractivity (Wildman–Crippen MR) is 207 cm³/mol. The van der Waals surface area contributed by atoms with Crippen LogP contribution in [0, 0.1) is 0 Å². The minimum Gasteiger partial charge on any atom is -0.388 e. The summed E-state index contributed by atoms with van der Waals surface area (Å²) in [6.07, 6.45) is 0.276. The van der Waals surface area contributed by atoms with Gasteiger partial charge in [-0.2, -0.15) is 9.97 Å². The van der Waals surface area contributed by atoms with Gasteiger partial charge in [0.1, 0.15) is 12.2 Å². The quantitative estimate of drug-likeness (QED) is 0.0976. The molecule has 5 aromatic rings. The summed E-state index contributed by atoms with van der Waals surface area (Å²) < 4.78 is 25.3. The molecule has 1 aliphatic heterocycles. The molecule has 5 atom stereocenters. The number of primary sulfonamides is 1. The Balaban J connectivity index is 1.16. The first-order valence-corrected chi connectivity index (χ1v) is 19.7. The monoisotopic (exact) mass is 768 g/mol. The second-order valence-corrected chi connectivity index (χ2v) is 15.4. The van der Waals surface area contributed by atoms with Crippen molar-refractivity contribution in [2.45, 2.75) is 67.3 Å². The number of aliphatic hydroxyl groups excluding tert-OH is 2. The first kappa shape index (κ1) is 37.7. The van der Waals surface area contributed by atoms with Crippen LogP contribution in [0.3, 0.4) is 0 Å². The van der Waals surface area contributed by atoms with Crippen LogP contribution in [0.4, 0.5) is 22.2 Å². The molecule has 7 rings (SSSR count). The van der Waals surface area contributed by atoms with Crippen LogP contribution >= 0.6 is 0 Å². The van der Waals surface area contributed by atoms with Crippen molar-refractivity contribution in [3.05, 3.63) is 102 Å². The number of benzene rings is 3. The van der Waals surface area contributed by atoms with Gasteiger partial charge in [0.05, 0.1) is 23.3 Å². The van der Waals surface area contributed by atoms with Gasteiger partial charge in [-0.1, -0.05) is 73.7 Å². The Kier molecular flexibility index (Phi) is 11.0. The number of nitrogens with two attached hydrogens (primary N) is 1. The van der Waals surface area contributed by atoms with Gasteiger partial charge in [0, 0.05) is 43.7 Å². The van der Waals surface area contributed by atoms with Gasteiger partial charge >= 0.3 is 6.03 Å². The fourth-order valence-electron chi connectivity index (χ4n) is 7.31. The van der Waals surface area contributed by atoms with Crippen LogP contribution in [0.1, 0.15) is 49.3 Å². The molecular weight excluding hydrogens is 725 g/mol. The van der Waals surface area contributed by atoms with Gasteiger partial charge < -0.3 is 40.9 Å². The van der Waals surface area contributed by atoms with E-state index in [4.69, 9.17) is 20.1 Å². The van der Waals surface area contributed by atoms with Crippen molar-refractivity contribution in [2.24, 2.45) is 5.14 Å². The summed E-state index contributed by atoms with van der Waals surface area (Å²) in [6, 6.07) is 23.9. The number of fused-ring (bicyclic) bond motifs is 1. The Labute approximate surface area is 318 Å². The SMILES string of the molecule is CCC(=O)N[C@@H]1C[C@@H](n2cnc3c(NCC(c4ccccc4)c4ccccc4)nc(N4CCC(NC(=O)Nc5cccc(S(N)(=O)=O)c5)C4)nc32)[C@H](O)C1O. The number of anilines is 3. The first-order chi connectivity index (χ1) is 26.5. The molecule has 8 N–H and O–H groups in total. The van der Waals surface area contributed by atoms with Gasteiger partial charge in [-0.15, -0.1) is 0 Å². The zero-order valence-electron chi connectivity index (χ0n) is 30.1. The van der Waals surface area contributed by atoms with Crippen LogP contribution in [0.15, 0.2) is 96.2 Å². The minimum atomic E-state index is -3.94. The Hall–Kier alpha value is -5.62. The van der Waals surface area contributed by atoms with Crippen LogP contribution in [-0.4, -0.2) is 94.0 Å². The standard InChI is InChI=1S/C38H44N10O6S/c1-2-31(49)44-29-19-30(34(51)33(29)50)48-22-41-32-35(40-20-28(23-10-5-3-6-11-23)24-12-7-4-8-13-24)45-37(46-36(32)48)47-17-16-26(21-47)43-38(52)42-25-14-9-15-27(18-25)55(39,53)54/h3-15,18,22,26,28-30,33-34,50-51H,2,16-17,19-21H2,1H3,(H,44,49)(H2,39,53,54)(H,40,45,46)(H2,42,43,52)/t26?,29-,30-,33?,34+/m1/s1. The number of nitrogens with one attached hydrogen (secondary N) is 4. The fraction of sp³-hybridized carbons (Fsp3) is 0.342. The molecule has 16 nitrogen and oxygen atoms in total. The minimum absolute atomic E-state index is 0.0304. The number of rotatable bonds is 12. The van der Waals surface area contributed by atoms with Gasteiger partial charge in [0.25, 0.3) is 0 Å². The maximum Gasteiger partial charge on any atom is 0.319 e. The Morgan fingerprint density at radius 3 is 2.33 bits per heavy atom. The molecule has 2 aromatic heterocycles. The van der Waals surface area contributed by atoms with E-state index in [2.05, 4.69) is 45.5 Å². The molecule has 3 amide bonds. The number of nitrogens with zero attached hydrogens (tertiary/aromatic N) is 5. The molecule has 0 bridgehead atoms. The van der Waals surface area contributed by atoms with E-state index in [9.17, 15) is 28.2 Å². The summed E-state index contributed by atoms with van der Waals surface area (Å²) in [5, 5.41) is 39.3. The number of carbonyl (C=O) groups excluding carboxylic acids is 2. The second kappa shape index (κ2) is 16.0. The van der Waals surface area contributed by atoms with Crippen LogP contribution in [-0.2, 0) is 14.8 Å². The molecule has 3 heterocycles. The third-order valence-electron chi connectivity index (χ3n) is 10.2. The molecule has 0 spiro atoms. The number of carbonyl (C=O) groups is 2. The highest BCUT2D eigenvalue weighted by Crippen LogP contribution is 2.35. The summed E-state index contributed by atoms with van der Waals surface area (Å²) in [5.41, 5.74) is 3.41. The first-order valence-electron chi connectivity index (χ1n) is 18.2. The van der Waals surface area contributed by atoms with Crippen LogP contribution in [0.5, 0.6) is 0 Å². The smallest absolute Gasteiger partial charge is 0.319 e. The van der Waals surface area contributed by atoms with Gasteiger partial charge in [0.15, 0.2) is 17.0 Å². The van der Waals surface area contributed by atoms with Crippen molar-refractivity contribution >= 4 is 50.6 Å². The molecule has 17 heteroatoms. The molecular formula is C38H44N10O6S. The lowest BCUT2D eigenvalue weighted by Gasteiger charge is -2.22. The molecule has 2 aliphatic rings. The van der Waals surface area contributed by atoms with E-state index in [1.807, 2.05) is 41.3 Å². The summed E-state index contributed by atoms with van der Waals surface area (Å²) in [7, 11) is -3.94. The van der Waals surface area contributed by atoms with Crippen molar-refractivity contribution in [1.82, 2.24) is 30.2 Å². The zero-order valence-corrected chi connectivity index (χ0v) is 30.9. The van der Waals surface area contributed by atoms with E-state index >= 15 is 0 Å². The van der Waals surface area contributed by atoms with Crippen molar-refractivity contribution in [1.29, 1.82) is 0 Å². The molecule has 1 saturated heterocycles. The lowest BCUT2D eigenvalue weighted by atomic mass is 9.91. The number of hydrogen-bond acceptors (Lipinski definition) is 11. The number of imidazole rings is 1. The molecule has 1 saturated carbocycles. The normalized spacial score (nSPS) is 21.2. The van der Waals surface area contributed by atoms with Crippen molar-refractivity contribution in [2.75, 3.05) is 35.2 Å². The average Bonchev–Trinajstić information content (AvgIpc) is 3.90. The van der Waals surface area contributed by atoms with Crippen molar-refractivity contribution < 1.29 is 28.2 Å².